The highest BCUT2D eigenvalue weighted by Gasteiger charge is 2.19. The lowest BCUT2D eigenvalue weighted by atomic mass is 10.3. The molecule has 0 spiro atoms. The molecule has 1 atom stereocenters. The highest BCUT2D eigenvalue weighted by molar-refractivity contribution is 7.89. The first-order chi connectivity index (χ1) is 6.75. The first-order valence-corrected chi connectivity index (χ1v) is 6.20. The maximum Gasteiger partial charge on any atom is 0.303 e. The molecule has 0 aromatic heterocycles. The summed E-state index contributed by atoms with van der Waals surface area (Å²) in [5.74, 6) is -1.22. The van der Waals surface area contributed by atoms with Gasteiger partial charge in [-0.25, -0.2) is 12.7 Å². The minimum atomic E-state index is -3.44. The number of hydrogen-bond donors (Lipinski definition) is 2. The highest BCUT2D eigenvalue weighted by Crippen LogP contribution is 2.03. The zero-order chi connectivity index (χ0) is 12.1. The van der Waals surface area contributed by atoms with Crippen LogP contribution in [-0.4, -0.2) is 54.4 Å². The Kier molecular flexibility index (Phi) is 5.77. The van der Waals surface area contributed by atoms with Gasteiger partial charge in [-0.2, -0.15) is 0 Å². The van der Waals surface area contributed by atoms with Crippen LogP contribution in [0.4, 0.5) is 0 Å². The quantitative estimate of drug-likeness (QED) is 0.624. The van der Waals surface area contributed by atoms with Crippen LogP contribution in [0, 0.1) is 0 Å². The van der Waals surface area contributed by atoms with Crippen molar-refractivity contribution in [3.63, 3.8) is 0 Å². The van der Waals surface area contributed by atoms with E-state index in [0.29, 0.717) is 0 Å². The summed E-state index contributed by atoms with van der Waals surface area (Å²) >= 11 is 0. The monoisotopic (exact) mass is 239 g/mol. The summed E-state index contributed by atoms with van der Waals surface area (Å²) < 4.78 is 24.0. The van der Waals surface area contributed by atoms with Crippen molar-refractivity contribution >= 4 is 16.0 Å². The van der Waals surface area contributed by atoms with Gasteiger partial charge in [-0.15, -0.1) is 0 Å². The molecule has 0 heterocycles. The molecule has 0 saturated heterocycles. The number of carboxylic acid groups (broad SMARTS) is 1. The van der Waals surface area contributed by atoms with Crippen LogP contribution >= 0.6 is 0 Å². The summed E-state index contributed by atoms with van der Waals surface area (Å²) in [6.07, 6.45) is -0.812. The Balaban J connectivity index is 4.12. The van der Waals surface area contributed by atoms with E-state index in [0.717, 1.165) is 4.31 Å². The Bertz CT molecular complexity index is 298. The molecule has 0 rings (SSSR count). The second-order valence-electron chi connectivity index (χ2n) is 3.44. The van der Waals surface area contributed by atoms with Crippen LogP contribution in [0.1, 0.15) is 19.8 Å². The molecule has 0 aliphatic carbocycles. The van der Waals surface area contributed by atoms with Crippen LogP contribution < -0.4 is 0 Å². The number of carbonyl (C=O) groups is 1. The third-order valence-corrected chi connectivity index (χ3v) is 3.69. The van der Waals surface area contributed by atoms with E-state index in [1.54, 1.807) is 0 Å². The van der Waals surface area contributed by atoms with Crippen molar-refractivity contribution in [3.05, 3.63) is 0 Å². The van der Waals surface area contributed by atoms with E-state index in [-0.39, 0.29) is 25.1 Å². The van der Waals surface area contributed by atoms with E-state index in [1.165, 1.54) is 14.0 Å². The van der Waals surface area contributed by atoms with Gasteiger partial charge in [-0.1, -0.05) is 0 Å². The van der Waals surface area contributed by atoms with Crippen molar-refractivity contribution < 1.29 is 23.4 Å². The van der Waals surface area contributed by atoms with Gasteiger partial charge in [-0.3, -0.25) is 4.79 Å². The number of hydrogen-bond acceptors (Lipinski definition) is 4. The zero-order valence-electron chi connectivity index (χ0n) is 8.88. The molecule has 0 aliphatic rings. The fourth-order valence-corrected chi connectivity index (χ4v) is 2.31. The molecule has 0 saturated carbocycles. The number of rotatable bonds is 7. The molecule has 2 N–H and O–H groups in total. The number of nitrogens with zero attached hydrogens (tertiary/aromatic N) is 1. The van der Waals surface area contributed by atoms with Crippen molar-refractivity contribution in [2.24, 2.45) is 0 Å². The van der Waals surface area contributed by atoms with Gasteiger partial charge in [0.15, 0.2) is 0 Å². The summed E-state index contributed by atoms with van der Waals surface area (Å²) in [6, 6.07) is 0. The van der Waals surface area contributed by atoms with Gasteiger partial charge in [0.25, 0.3) is 0 Å². The average Bonchev–Trinajstić information content (AvgIpc) is 2.01. The number of likely N-dealkylation sites (N-methyl/N-ethyl adjacent to an activating group) is 1. The van der Waals surface area contributed by atoms with E-state index in [9.17, 15) is 13.2 Å². The third-order valence-electron chi connectivity index (χ3n) is 1.79. The Hall–Kier alpha value is -0.660. The van der Waals surface area contributed by atoms with Gasteiger partial charge in [0.05, 0.1) is 11.9 Å². The summed E-state index contributed by atoms with van der Waals surface area (Å²) in [5.41, 5.74) is 0. The predicted octanol–water partition coefficient (Wildman–Crippen LogP) is -0.506. The molecule has 0 aromatic rings. The van der Waals surface area contributed by atoms with Crippen molar-refractivity contribution in [1.29, 1.82) is 0 Å². The summed E-state index contributed by atoms with van der Waals surface area (Å²) in [4.78, 5) is 10.2. The number of sulfonamides is 1. The topological polar surface area (TPSA) is 94.9 Å². The van der Waals surface area contributed by atoms with Crippen molar-refractivity contribution in [3.8, 4) is 0 Å². The van der Waals surface area contributed by atoms with Crippen molar-refractivity contribution in [1.82, 2.24) is 4.31 Å². The predicted molar refractivity (Wildman–Crippen MR) is 55.0 cm³/mol. The highest BCUT2D eigenvalue weighted by atomic mass is 32.2. The lowest BCUT2D eigenvalue weighted by Crippen LogP contribution is -2.34. The van der Waals surface area contributed by atoms with Gasteiger partial charge < -0.3 is 10.2 Å². The molecule has 0 aromatic carbocycles. The molecule has 15 heavy (non-hydrogen) atoms. The van der Waals surface area contributed by atoms with Gasteiger partial charge in [0.2, 0.25) is 10.0 Å². The molecule has 0 fully saturated rings. The van der Waals surface area contributed by atoms with E-state index >= 15 is 0 Å². The van der Waals surface area contributed by atoms with Crippen LogP contribution in [0.3, 0.4) is 0 Å². The molecular formula is C8H17NO5S. The van der Waals surface area contributed by atoms with Crippen LogP contribution in [0.15, 0.2) is 0 Å². The standard InChI is InChI=1S/C8H17NO5S/c1-7(10)6-9(2)15(13,14)5-3-4-8(11)12/h7,10H,3-6H2,1-2H3,(H,11,12). The number of aliphatic hydroxyl groups excluding tert-OH is 1. The third kappa shape index (κ3) is 6.43. The Morgan fingerprint density at radius 3 is 2.40 bits per heavy atom. The molecule has 0 amide bonds. The van der Waals surface area contributed by atoms with Gasteiger partial charge >= 0.3 is 5.97 Å². The zero-order valence-corrected chi connectivity index (χ0v) is 9.70. The maximum absolute atomic E-state index is 11.5. The van der Waals surface area contributed by atoms with E-state index < -0.39 is 22.1 Å². The Morgan fingerprint density at radius 1 is 1.47 bits per heavy atom. The van der Waals surface area contributed by atoms with Crippen LogP contribution in [0.25, 0.3) is 0 Å². The number of aliphatic hydroxyl groups is 1. The van der Waals surface area contributed by atoms with Crippen molar-refractivity contribution in [2.45, 2.75) is 25.9 Å². The minimum absolute atomic E-state index is 0.0232. The molecule has 1 unspecified atom stereocenters. The van der Waals surface area contributed by atoms with E-state index in [1.807, 2.05) is 0 Å². The normalized spacial score (nSPS) is 14.1. The first-order valence-electron chi connectivity index (χ1n) is 4.59. The lowest BCUT2D eigenvalue weighted by molar-refractivity contribution is -0.137. The first kappa shape index (κ1) is 14.3. The smallest absolute Gasteiger partial charge is 0.303 e. The van der Waals surface area contributed by atoms with Crippen molar-refractivity contribution in [2.75, 3.05) is 19.3 Å². The minimum Gasteiger partial charge on any atom is -0.481 e. The molecule has 0 aliphatic heterocycles. The molecular weight excluding hydrogens is 222 g/mol. The van der Waals surface area contributed by atoms with Gasteiger partial charge in [0.1, 0.15) is 0 Å². The second-order valence-corrected chi connectivity index (χ2v) is 5.64. The van der Waals surface area contributed by atoms with E-state index in [4.69, 9.17) is 10.2 Å². The fourth-order valence-electron chi connectivity index (χ4n) is 1.05. The van der Waals surface area contributed by atoms with Crippen LogP contribution in [-0.2, 0) is 14.8 Å². The van der Waals surface area contributed by atoms with Gasteiger partial charge in [-0.05, 0) is 13.3 Å². The van der Waals surface area contributed by atoms with E-state index in [2.05, 4.69) is 0 Å². The molecule has 90 valence electrons. The molecule has 0 radical (unpaired) electrons. The van der Waals surface area contributed by atoms with Crippen LogP contribution in [0.5, 0.6) is 0 Å². The Labute approximate surface area is 89.6 Å². The maximum atomic E-state index is 11.5. The summed E-state index contributed by atoms with van der Waals surface area (Å²) in [5, 5.41) is 17.3. The molecule has 6 nitrogen and oxygen atoms in total. The van der Waals surface area contributed by atoms with Gasteiger partial charge in [0, 0.05) is 20.0 Å². The molecule has 7 heteroatoms. The molecule has 0 bridgehead atoms. The second kappa shape index (κ2) is 6.04. The number of aliphatic carboxylic acids is 1. The number of carboxylic acids is 1. The Morgan fingerprint density at radius 2 is 2.00 bits per heavy atom. The summed E-state index contributed by atoms with van der Waals surface area (Å²) in [6.45, 7) is 1.51. The van der Waals surface area contributed by atoms with Crippen LogP contribution in [0.2, 0.25) is 0 Å². The lowest BCUT2D eigenvalue weighted by Gasteiger charge is -2.18. The average molecular weight is 239 g/mol. The SMILES string of the molecule is CC(O)CN(C)S(=O)(=O)CCCC(=O)O. The summed E-state index contributed by atoms with van der Waals surface area (Å²) in [7, 11) is -2.08. The largest absolute Gasteiger partial charge is 0.481 e. The fraction of sp³-hybridized carbons (Fsp3) is 0.875.